The number of hydrogen-bond donors (Lipinski definition) is 1. The van der Waals surface area contributed by atoms with Crippen LogP contribution in [0.2, 0.25) is 0 Å². The topological polar surface area (TPSA) is 47.0 Å². The summed E-state index contributed by atoms with van der Waals surface area (Å²) in [5.41, 5.74) is 0. The Labute approximate surface area is 105 Å². The number of hydrogen-bond acceptors (Lipinski definition) is 5. The highest BCUT2D eigenvalue weighted by atomic mass is 32.1. The largest absolute Gasteiger partial charge is 0.384 e. The van der Waals surface area contributed by atoms with Crippen LogP contribution in [-0.2, 0) is 17.6 Å². The molecule has 0 radical (unpaired) electrons. The van der Waals surface area contributed by atoms with Crippen molar-refractivity contribution in [1.82, 2.24) is 9.97 Å². The lowest BCUT2D eigenvalue weighted by molar-refractivity contribution is 0.200. The Balaban J connectivity index is 2.44. The van der Waals surface area contributed by atoms with Crippen LogP contribution in [-0.4, -0.2) is 30.7 Å². The number of nitrogens with one attached hydrogen (secondary N) is 1. The van der Waals surface area contributed by atoms with Gasteiger partial charge in [0.25, 0.3) is 0 Å². The number of aryl methyl sites for hydroxylation is 1. The SMILES string of the molecule is CCc1cc2c(NC)nc(CCOC)nc2s1. The number of ether oxygens (including phenoxy) is 1. The molecule has 0 amide bonds. The smallest absolute Gasteiger partial charge is 0.138 e. The minimum absolute atomic E-state index is 0.653. The van der Waals surface area contributed by atoms with Crippen molar-refractivity contribution in [3.05, 3.63) is 16.8 Å². The highest BCUT2D eigenvalue weighted by Crippen LogP contribution is 2.29. The number of aromatic nitrogens is 2. The van der Waals surface area contributed by atoms with E-state index in [2.05, 4.69) is 28.3 Å². The fourth-order valence-electron chi connectivity index (χ4n) is 1.69. The van der Waals surface area contributed by atoms with E-state index in [0.717, 1.165) is 34.7 Å². The first kappa shape index (κ1) is 12.3. The van der Waals surface area contributed by atoms with Crippen LogP contribution in [0.1, 0.15) is 17.6 Å². The second kappa shape index (κ2) is 5.42. The summed E-state index contributed by atoms with van der Waals surface area (Å²) in [6.07, 6.45) is 1.79. The lowest BCUT2D eigenvalue weighted by atomic mass is 10.3. The summed E-state index contributed by atoms with van der Waals surface area (Å²) in [5, 5.41) is 4.26. The van der Waals surface area contributed by atoms with Gasteiger partial charge >= 0.3 is 0 Å². The van der Waals surface area contributed by atoms with E-state index >= 15 is 0 Å². The summed E-state index contributed by atoms with van der Waals surface area (Å²) in [6, 6.07) is 2.17. The number of anilines is 1. The third kappa shape index (κ3) is 2.56. The molecule has 17 heavy (non-hydrogen) atoms. The Hall–Kier alpha value is -1.20. The molecule has 0 fully saturated rings. The van der Waals surface area contributed by atoms with Crippen molar-refractivity contribution in [3.8, 4) is 0 Å². The van der Waals surface area contributed by atoms with Crippen molar-refractivity contribution < 1.29 is 4.74 Å². The molecule has 0 unspecified atom stereocenters. The molecule has 0 saturated carbocycles. The molecule has 0 aliphatic heterocycles. The molecular weight excluding hydrogens is 234 g/mol. The van der Waals surface area contributed by atoms with Crippen LogP contribution in [0.15, 0.2) is 6.07 Å². The van der Waals surface area contributed by atoms with Crippen molar-refractivity contribution >= 4 is 27.4 Å². The first-order chi connectivity index (χ1) is 8.28. The molecular formula is C12H17N3OS. The van der Waals surface area contributed by atoms with Gasteiger partial charge in [0.2, 0.25) is 0 Å². The van der Waals surface area contributed by atoms with Gasteiger partial charge in [-0.2, -0.15) is 0 Å². The average molecular weight is 251 g/mol. The predicted octanol–water partition coefficient (Wildman–Crippen LogP) is 2.48. The normalized spacial score (nSPS) is 11.0. The summed E-state index contributed by atoms with van der Waals surface area (Å²) < 4.78 is 5.06. The molecule has 2 aromatic heterocycles. The van der Waals surface area contributed by atoms with Crippen LogP contribution >= 0.6 is 11.3 Å². The molecule has 2 heterocycles. The summed E-state index contributed by atoms with van der Waals surface area (Å²) in [5.74, 6) is 1.75. The highest BCUT2D eigenvalue weighted by molar-refractivity contribution is 7.18. The van der Waals surface area contributed by atoms with Gasteiger partial charge in [0.1, 0.15) is 16.5 Å². The van der Waals surface area contributed by atoms with E-state index in [1.54, 1.807) is 18.4 Å². The molecule has 0 aliphatic rings. The monoisotopic (exact) mass is 251 g/mol. The van der Waals surface area contributed by atoms with Crippen LogP contribution in [0.25, 0.3) is 10.2 Å². The molecule has 2 aromatic rings. The Morgan fingerprint density at radius 1 is 1.41 bits per heavy atom. The van der Waals surface area contributed by atoms with Crippen molar-refractivity contribution in [2.24, 2.45) is 0 Å². The van der Waals surface area contributed by atoms with Gasteiger partial charge < -0.3 is 10.1 Å². The van der Waals surface area contributed by atoms with E-state index < -0.39 is 0 Å². The van der Waals surface area contributed by atoms with Crippen LogP contribution in [0.4, 0.5) is 5.82 Å². The van der Waals surface area contributed by atoms with E-state index in [4.69, 9.17) is 4.74 Å². The van der Waals surface area contributed by atoms with Crippen molar-refractivity contribution in [1.29, 1.82) is 0 Å². The Morgan fingerprint density at radius 3 is 2.88 bits per heavy atom. The summed E-state index contributed by atoms with van der Waals surface area (Å²) in [7, 11) is 3.59. The third-order valence-electron chi connectivity index (χ3n) is 2.61. The minimum atomic E-state index is 0.653. The zero-order chi connectivity index (χ0) is 12.3. The molecule has 0 aromatic carbocycles. The van der Waals surface area contributed by atoms with Gasteiger partial charge in [0, 0.05) is 25.5 Å². The van der Waals surface area contributed by atoms with Crippen molar-refractivity contribution in [3.63, 3.8) is 0 Å². The first-order valence-corrected chi connectivity index (χ1v) is 6.56. The van der Waals surface area contributed by atoms with Crippen molar-refractivity contribution in [2.45, 2.75) is 19.8 Å². The van der Waals surface area contributed by atoms with Gasteiger partial charge in [0.05, 0.1) is 12.0 Å². The van der Waals surface area contributed by atoms with Crippen LogP contribution in [0.3, 0.4) is 0 Å². The molecule has 1 N–H and O–H groups in total. The Kier molecular flexibility index (Phi) is 3.91. The molecule has 92 valence electrons. The highest BCUT2D eigenvalue weighted by Gasteiger charge is 2.10. The van der Waals surface area contributed by atoms with Crippen LogP contribution < -0.4 is 5.32 Å². The molecule has 0 saturated heterocycles. The van der Waals surface area contributed by atoms with Gasteiger partial charge in [-0.3, -0.25) is 0 Å². The fraction of sp³-hybridized carbons (Fsp3) is 0.500. The predicted molar refractivity (Wildman–Crippen MR) is 71.9 cm³/mol. The van der Waals surface area contributed by atoms with E-state index in [-0.39, 0.29) is 0 Å². The maximum Gasteiger partial charge on any atom is 0.138 e. The summed E-state index contributed by atoms with van der Waals surface area (Å²) in [6.45, 7) is 2.81. The first-order valence-electron chi connectivity index (χ1n) is 5.74. The van der Waals surface area contributed by atoms with Crippen LogP contribution in [0.5, 0.6) is 0 Å². The molecule has 5 heteroatoms. The zero-order valence-electron chi connectivity index (χ0n) is 10.4. The molecule has 2 rings (SSSR count). The van der Waals surface area contributed by atoms with Gasteiger partial charge in [-0.15, -0.1) is 11.3 Å². The number of thiophene rings is 1. The zero-order valence-corrected chi connectivity index (χ0v) is 11.2. The van der Waals surface area contributed by atoms with Gasteiger partial charge in [-0.25, -0.2) is 9.97 Å². The number of nitrogens with zero attached hydrogens (tertiary/aromatic N) is 2. The van der Waals surface area contributed by atoms with E-state index in [9.17, 15) is 0 Å². The quantitative estimate of drug-likeness (QED) is 0.887. The van der Waals surface area contributed by atoms with E-state index in [0.29, 0.717) is 6.61 Å². The minimum Gasteiger partial charge on any atom is -0.384 e. The number of methoxy groups -OCH3 is 1. The lowest BCUT2D eigenvalue weighted by Crippen LogP contribution is -2.03. The Morgan fingerprint density at radius 2 is 2.24 bits per heavy atom. The molecule has 0 spiro atoms. The van der Waals surface area contributed by atoms with Gasteiger partial charge in [-0.1, -0.05) is 6.92 Å². The average Bonchev–Trinajstić information content (AvgIpc) is 2.78. The Bertz CT molecular complexity index is 510. The number of fused-ring (bicyclic) bond motifs is 1. The summed E-state index contributed by atoms with van der Waals surface area (Å²) in [4.78, 5) is 11.5. The van der Waals surface area contributed by atoms with E-state index in [1.807, 2.05) is 7.05 Å². The maximum atomic E-state index is 5.06. The third-order valence-corrected chi connectivity index (χ3v) is 3.78. The van der Waals surface area contributed by atoms with E-state index in [1.165, 1.54) is 4.88 Å². The molecule has 0 bridgehead atoms. The van der Waals surface area contributed by atoms with Crippen molar-refractivity contribution in [2.75, 3.05) is 26.1 Å². The van der Waals surface area contributed by atoms with Gasteiger partial charge in [0.15, 0.2) is 0 Å². The lowest BCUT2D eigenvalue weighted by Gasteiger charge is -2.04. The van der Waals surface area contributed by atoms with Gasteiger partial charge in [-0.05, 0) is 12.5 Å². The molecule has 0 atom stereocenters. The molecule has 4 nitrogen and oxygen atoms in total. The summed E-state index contributed by atoms with van der Waals surface area (Å²) >= 11 is 1.74. The maximum absolute atomic E-state index is 5.06. The number of rotatable bonds is 5. The fourth-order valence-corrected chi connectivity index (χ4v) is 2.67. The standard InChI is InChI=1S/C12H17N3OS/c1-4-8-7-9-11(13-2)14-10(5-6-16-3)15-12(9)17-8/h7H,4-6H2,1-3H3,(H,13,14,15). The molecule has 0 aliphatic carbocycles. The van der Waals surface area contributed by atoms with Crippen LogP contribution in [0, 0.1) is 0 Å². The second-order valence-corrected chi connectivity index (χ2v) is 4.88. The second-order valence-electron chi connectivity index (χ2n) is 3.77.